The van der Waals surface area contributed by atoms with Crippen LogP contribution in [0, 0.1) is 6.92 Å². The molecular weight excluding hydrogens is 282 g/mol. The molecule has 1 aromatic carbocycles. The largest absolute Gasteiger partial charge is 0.492 e. The van der Waals surface area contributed by atoms with Crippen LogP contribution in [-0.2, 0) is 17.9 Å². The zero-order chi connectivity index (χ0) is 15.4. The first-order valence-corrected chi connectivity index (χ1v) is 7.62. The SMILES string of the molecule is Cc1cccc(OCCn2nnc(CO)c2C2CCCO2)c1. The maximum atomic E-state index is 9.42. The molecule has 1 atom stereocenters. The lowest BCUT2D eigenvalue weighted by molar-refractivity contribution is 0.101. The van der Waals surface area contributed by atoms with Gasteiger partial charge >= 0.3 is 0 Å². The van der Waals surface area contributed by atoms with Gasteiger partial charge in [0, 0.05) is 6.61 Å². The van der Waals surface area contributed by atoms with Gasteiger partial charge in [-0.3, -0.25) is 0 Å². The first-order chi connectivity index (χ1) is 10.8. The van der Waals surface area contributed by atoms with Crippen molar-refractivity contribution in [2.24, 2.45) is 0 Å². The van der Waals surface area contributed by atoms with Crippen molar-refractivity contribution in [3.05, 3.63) is 41.2 Å². The number of aliphatic hydroxyl groups excluding tert-OH is 1. The van der Waals surface area contributed by atoms with E-state index in [1.54, 1.807) is 4.68 Å². The predicted octanol–water partition coefficient (Wildman–Crippen LogP) is 2.01. The van der Waals surface area contributed by atoms with Gasteiger partial charge in [-0.1, -0.05) is 17.3 Å². The Morgan fingerprint density at radius 3 is 3.09 bits per heavy atom. The van der Waals surface area contributed by atoms with E-state index in [9.17, 15) is 5.11 Å². The molecule has 1 unspecified atom stereocenters. The highest BCUT2D eigenvalue weighted by Crippen LogP contribution is 2.30. The van der Waals surface area contributed by atoms with Gasteiger partial charge < -0.3 is 14.6 Å². The van der Waals surface area contributed by atoms with Crippen molar-refractivity contribution in [1.29, 1.82) is 0 Å². The van der Waals surface area contributed by atoms with E-state index in [0.29, 0.717) is 18.8 Å². The number of hydrogen-bond acceptors (Lipinski definition) is 5. The Balaban J connectivity index is 1.66. The first-order valence-electron chi connectivity index (χ1n) is 7.62. The summed E-state index contributed by atoms with van der Waals surface area (Å²) in [4.78, 5) is 0. The van der Waals surface area contributed by atoms with E-state index < -0.39 is 0 Å². The number of ether oxygens (including phenoxy) is 2. The van der Waals surface area contributed by atoms with Crippen LogP contribution >= 0.6 is 0 Å². The van der Waals surface area contributed by atoms with Gasteiger partial charge in [0.05, 0.1) is 18.8 Å². The van der Waals surface area contributed by atoms with Crippen molar-refractivity contribution in [3.8, 4) is 5.75 Å². The van der Waals surface area contributed by atoms with Crippen LogP contribution in [0.2, 0.25) is 0 Å². The Morgan fingerprint density at radius 1 is 1.45 bits per heavy atom. The highest BCUT2D eigenvalue weighted by molar-refractivity contribution is 5.27. The van der Waals surface area contributed by atoms with Crippen LogP contribution in [0.4, 0.5) is 0 Å². The fraction of sp³-hybridized carbons (Fsp3) is 0.500. The third-order valence-electron chi connectivity index (χ3n) is 3.79. The van der Waals surface area contributed by atoms with Crippen LogP contribution in [0.25, 0.3) is 0 Å². The normalized spacial score (nSPS) is 17.8. The molecule has 118 valence electrons. The third-order valence-corrected chi connectivity index (χ3v) is 3.79. The van der Waals surface area contributed by atoms with E-state index >= 15 is 0 Å². The summed E-state index contributed by atoms with van der Waals surface area (Å²) in [6, 6.07) is 7.95. The molecule has 1 N–H and O–H groups in total. The number of aromatic nitrogens is 3. The summed E-state index contributed by atoms with van der Waals surface area (Å²) in [5.41, 5.74) is 2.65. The Hall–Kier alpha value is -1.92. The summed E-state index contributed by atoms with van der Waals surface area (Å²) < 4.78 is 13.3. The average molecular weight is 303 g/mol. The van der Waals surface area contributed by atoms with Gasteiger partial charge in [0.15, 0.2) is 0 Å². The fourth-order valence-corrected chi connectivity index (χ4v) is 2.73. The van der Waals surface area contributed by atoms with E-state index in [-0.39, 0.29) is 12.7 Å². The number of benzene rings is 1. The molecule has 0 amide bonds. The van der Waals surface area contributed by atoms with Gasteiger partial charge in [-0.25, -0.2) is 4.68 Å². The molecule has 1 saturated heterocycles. The lowest BCUT2D eigenvalue weighted by Gasteiger charge is -2.13. The van der Waals surface area contributed by atoms with Crippen LogP contribution in [-0.4, -0.2) is 33.3 Å². The molecule has 1 aliphatic rings. The van der Waals surface area contributed by atoms with E-state index in [1.807, 2.05) is 31.2 Å². The van der Waals surface area contributed by atoms with Crippen LogP contribution in [0.1, 0.15) is 35.9 Å². The lowest BCUT2D eigenvalue weighted by Crippen LogP contribution is -2.15. The van der Waals surface area contributed by atoms with Crippen molar-refractivity contribution < 1.29 is 14.6 Å². The molecule has 2 aromatic rings. The molecule has 0 bridgehead atoms. The summed E-state index contributed by atoms with van der Waals surface area (Å²) in [6.07, 6.45) is 1.95. The molecule has 1 aromatic heterocycles. The summed E-state index contributed by atoms with van der Waals surface area (Å²) >= 11 is 0. The molecular formula is C16H21N3O3. The third kappa shape index (κ3) is 3.28. The zero-order valence-electron chi connectivity index (χ0n) is 12.7. The molecule has 3 rings (SSSR count). The maximum absolute atomic E-state index is 9.42. The van der Waals surface area contributed by atoms with Gasteiger partial charge in [0.2, 0.25) is 0 Å². The molecule has 6 nitrogen and oxygen atoms in total. The van der Waals surface area contributed by atoms with Crippen LogP contribution in [0.3, 0.4) is 0 Å². The Kier molecular flexibility index (Phi) is 4.70. The minimum absolute atomic E-state index is 0.0175. The summed E-state index contributed by atoms with van der Waals surface area (Å²) in [6.45, 7) is 3.75. The van der Waals surface area contributed by atoms with E-state index in [4.69, 9.17) is 9.47 Å². The highest BCUT2D eigenvalue weighted by atomic mass is 16.5. The summed E-state index contributed by atoms with van der Waals surface area (Å²) in [5.74, 6) is 0.848. The molecule has 2 heterocycles. The minimum Gasteiger partial charge on any atom is -0.492 e. The zero-order valence-corrected chi connectivity index (χ0v) is 12.7. The van der Waals surface area contributed by atoms with E-state index in [1.165, 1.54) is 5.56 Å². The lowest BCUT2D eigenvalue weighted by atomic mass is 10.1. The van der Waals surface area contributed by atoms with Gasteiger partial charge in [-0.2, -0.15) is 0 Å². The van der Waals surface area contributed by atoms with Crippen molar-refractivity contribution in [2.45, 2.75) is 39.0 Å². The fourth-order valence-electron chi connectivity index (χ4n) is 2.73. The van der Waals surface area contributed by atoms with Crippen molar-refractivity contribution in [3.63, 3.8) is 0 Å². The highest BCUT2D eigenvalue weighted by Gasteiger charge is 2.26. The number of aryl methyl sites for hydroxylation is 1. The van der Waals surface area contributed by atoms with Crippen LogP contribution < -0.4 is 4.74 Å². The molecule has 1 aliphatic heterocycles. The van der Waals surface area contributed by atoms with E-state index in [2.05, 4.69) is 10.3 Å². The standard InChI is InChI=1S/C16H21N3O3/c1-12-4-2-5-13(10-12)21-9-7-19-16(14(11-20)17-18-19)15-6-3-8-22-15/h2,4-5,10,15,20H,3,6-9,11H2,1H3. The smallest absolute Gasteiger partial charge is 0.119 e. The quantitative estimate of drug-likeness (QED) is 0.884. The molecule has 0 spiro atoms. The topological polar surface area (TPSA) is 69.4 Å². The molecule has 1 fully saturated rings. The molecule has 0 saturated carbocycles. The minimum atomic E-state index is -0.117. The molecule has 22 heavy (non-hydrogen) atoms. The number of nitrogens with zero attached hydrogens (tertiary/aromatic N) is 3. The average Bonchev–Trinajstić information content (AvgIpc) is 3.15. The maximum Gasteiger partial charge on any atom is 0.119 e. The van der Waals surface area contributed by atoms with Gasteiger partial charge in [0.25, 0.3) is 0 Å². The summed E-state index contributed by atoms with van der Waals surface area (Å²) in [5, 5.41) is 17.6. The molecule has 0 radical (unpaired) electrons. The van der Waals surface area contributed by atoms with Crippen molar-refractivity contribution in [1.82, 2.24) is 15.0 Å². The Labute approximate surface area is 129 Å². The Bertz CT molecular complexity index is 621. The second-order valence-corrected chi connectivity index (χ2v) is 5.47. The van der Waals surface area contributed by atoms with Gasteiger partial charge in [-0.15, -0.1) is 5.10 Å². The van der Waals surface area contributed by atoms with Crippen molar-refractivity contribution in [2.75, 3.05) is 13.2 Å². The van der Waals surface area contributed by atoms with Crippen molar-refractivity contribution >= 4 is 0 Å². The monoisotopic (exact) mass is 303 g/mol. The first kappa shape index (κ1) is 15.0. The predicted molar refractivity (Wildman–Crippen MR) is 80.5 cm³/mol. The molecule has 0 aliphatic carbocycles. The summed E-state index contributed by atoms with van der Waals surface area (Å²) in [7, 11) is 0. The van der Waals surface area contributed by atoms with Crippen LogP contribution in [0.5, 0.6) is 5.75 Å². The second-order valence-electron chi connectivity index (χ2n) is 5.47. The van der Waals surface area contributed by atoms with Gasteiger partial charge in [-0.05, 0) is 37.5 Å². The van der Waals surface area contributed by atoms with E-state index in [0.717, 1.165) is 30.9 Å². The van der Waals surface area contributed by atoms with Crippen LogP contribution in [0.15, 0.2) is 24.3 Å². The van der Waals surface area contributed by atoms with Gasteiger partial charge in [0.1, 0.15) is 24.2 Å². The molecule has 6 heteroatoms. The number of rotatable bonds is 6. The number of hydrogen-bond donors (Lipinski definition) is 1. The number of aliphatic hydroxyl groups is 1. The Morgan fingerprint density at radius 2 is 2.36 bits per heavy atom. The second kappa shape index (κ2) is 6.89.